The zero-order valence-electron chi connectivity index (χ0n) is 11.6. The topological polar surface area (TPSA) is 74.7 Å². The van der Waals surface area contributed by atoms with Gasteiger partial charge in [0.2, 0.25) is 11.8 Å². The molecule has 1 fully saturated rings. The third-order valence-electron chi connectivity index (χ3n) is 3.27. The minimum absolute atomic E-state index is 0.0690. The molecule has 0 unspecified atom stereocenters. The van der Waals surface area contributed by atoms with Crippen LogP contribution >= 0.6 is 0 Å². The Balaban J connectivity index is 2.35. The van der Waals surface area contributed by atoms with Crippen molar-refractivity contribution < 1.29 is 23.9 Å². The van der Waals surface area contributed by atoms with Crippen molar-refractivity contribution >= 4 is 29.5 Å². The van der Waals surface area contributed by atoms with Crippen LogP contribution in [0.15, 0.2) is 24.3 Å². The molecule has 110 valence electrons. The molecule has 2 amide bonds. The van der Waals surface area contributed by atoms with Crippen molar-refractivity contribution in [1.82, 2.24) is 0 Å². The molecule has 0 saturated carbocycles. The summed E-state index contributed by atoms with van der Waals surface area (Å²) < 4.78 is 13.9. The summed E-state index contributed by atoms with van der Waals surface area (Å²) >= 11 is 0. The van der Waals surface area contributed by atoms with E-state index in [-0.39, 0.29) is 29.5 Å². The van der Waals surface area contributed by atoms with Gasteiger partial charge < -0.3 is 5.11 Å². The SMILES string of the molecule is CC1(C)CC(=O)N(c2ccc(C=CC(=O)O)c(F)c2)C1=O. The lowest BCUT2D eigenvalue weighted by Crippen LogP contribution is -2.33. The van der Waals surface area contributed by atoms with Crippen molar-refractivity contribution in [2.45, 2.75) is 20.3 Å². The molecule has 1 aliphatic heterocycles. The van der Waals surface area contributed by atoms with E-state index in [4.69, 9.17) is 5.11 Å². The predicted molar refractivity (Wildman–Crippen MR) is 74.0 cm³/mol. The Bertz CT molecular complexity index is 664. The monoisotopic (exact) mass is 291 g/mol. The molecule has 0 bridgehead atoms. The number of benzene rings is 1. The van der Waals surface area contributed by atoms with E-state index in [2.05, 4.69) is 0 Å². The molecule has 1 N–H and O–H groups in total. The fourth-order valence-corrected chi connectivity index (χ4v) is 2.16. The van der Waals surface area contributed by atoms with Crippen LogP contribution in [-0.4, -0.2) is 22.9 Å². The summed E-state index contributed by atoms with van der Waals surface area (Å²) in [6, 6.07) is 3.80. The number of nitrogens with zero attached hydrogens (tertiary/aromatic N) is 1. The van der Waals surface area contributed by atoms with Crippen LogP contribution in [0.1, 0.15) is 25.8 Å². The van der Waals surface area contributed by atoms with Crippen molar-refractivity contribution in [2.75, 3.05) is 4.90 Å². The van der Waals surface area contributed by atoms with E-state index in [0.717, 1.165) is 23.1 Å². The van der Waals surface area contributed by atoms with Crippen LogP contribution in [-0.2, 0) is 14.4 Å². The molecule has 1 aromatic carbocycles. The Morgan fingerprint density at radius 3 is 2.52 bits per heavy atom. The highest BCUT2D eigenvalue weighted by atomic mass is 19.1. The second-order valence-electron chi connectivity index (χ2n) is 5.47. The standard InChI is InChI=1S/C15H14FNO4/c1-15(2)8-12(18)17(14(15)21)10-5-3-9(11(16)7-10)4-6-13(19)20/h3-7H,8H2,1-2H3,(H,19,20). The molecule has 6 heteroatoms. The molecule has 1 aromatic rings. The van der Waals surface area contributed by atoms with Crippen molar-refractivity contribution in [1.29, 1.82) is 0 Å². The van der Waals surface area contributed by atoms with Crippen LogP contribution in [0.5, 0.6) is 0 Å². The number of aliphatic carboxylic acids is 1. The fraction of sp³-hybridized carbons (Fsp3) is 0.267. The highest BCUT2D eigenvalue weighted by Crippen LogP contribution is 2.35. The summed E-state index contributed by atoms with van der Waals surface area (Å²) in [6.07, 6.45) is 2.00. The van der Waals surface area contributed by atoms with Crippen LogP contribution in [0.4, 0.5) is 10.1 Å². The van der Waals surface area contributed by atoms with Crippen LogP contribution in [0.2, 0.25) is 0 Å². The normalized spacial score (nSPS) is 17.8. The van der Waals surface area contributed by atoms with Gasteiger partial charge in [0.05, 0.1) is 11.1 Å². The molecular formula is C15H14FNO4. The van der Waals surface area contributed by atoms with Gasteiger partial charge in [0.1, 0.15) is 5.82 Å². The molecule has 0 aliphatic carbocycles. The number of carboxylic acids is 1. The van der Waals surface area contributed by atoms with Crippen molar-refractivity contribution in [2.24, 2.45) is 5.41 Å². The minimum Gasteiger partial charge on any atom is -0.478 e. The van der Waals surface area contributed by atoms with E-state index in [9.17, 15) is 18.8 Å². The lowest BCUT2D eigenvalue weighted by Gasteiger charge is -2.18. The van der Waals surface area contributed by atoms with Crippen LogP contribution in [0.25, 0.3) is 6.08 Å². The van der Waals surface area contributed by atoms with E-state index < -0.39 is 17.2 Å². The molecule has 0 spiro atoms. The van der Waals surface area contributed by atoms with Gasteiger partial charge in [0.15, 0.2) is 0 Å². The molecule has 1 saturated heterocycles. The van der Waals surface area contributed by atoms with Crippen LogP contribution in [0, 0.1) is 11.2 Å². The maximum Gasteiger partial charge on any atom is 0.328 e. The second kappa shape index (κ2) is 5.12. The first-order valence-electron chi connectivity index (χ1n) is 6.30. The zero-order chi connectivity index (χ0) is 15.8. The molecule has 1 heterocycles. The summed E-state index contributed by atoms with van der Waals surface area (Å²) in [7, 11) is 0. The molecule has 5 nitrogen and oxygen atoms in total. The molecular weight excluding hydrogens is 277 g/mol. The number of rotatable bonds is 3. The Morgan fingerprint density at radius 1 is 1.38 bits per heavy atom. The van der Waals surface area contributed by atoms with Gasteiger partial charge in [-0.05, 0) is 24.3 Å². The number of hydrogen-bond donors (Lipinski definition) is 1. The molecule has 0 radical (unpaired) electrons. The van der Waals surface area contributed by atoms with E-state index in [1.54, 1.807) is 13.8 Å². The Kier molecular flexibility index (Phi) is 3.63. The number of imide groups is 1. The van der Waals surface area contributed by atoms with Crippen LogP contribution < -0.4 is 4.90 Å². The van der Waals surface area contributed by atoms with Crippen molar-refractivity contribution in [3.63, 3.8) is 0 Å². The highest BCUT2D eigenvalue weighted by molar-refractivity contribution is 6.22. The smallest absolute Gasteiger partial charge is 0.328 e. The van der Waals surface area contributed by atoms with Gasteiger partial charge >= 0.3 is 5.97 Å². The first-order chi connectivity index (χ1) is 9.72. The summed E-state index contributed by atoms with van der Waals surface area (Å²) in [6.45, 7) is 3.32. The molecule has 21 heavy (non-hydrogen) atoms. The third kappa shape index (κ3) is 2.84. The number of anilines is 1. The molecule has 0 aromatic heterocycles. The second-order valence-corrected chi connectivity index (χ2v) is 5.47. The van der Waals surface area contributed by atoms with Gasteiger partial charge in [0, 0.05) is 18.1 Å². The maximum absolute atomic E-state index is 13.9. The maximum atomic E-state index is 13.9. The first kappa shape index (κ1) is 14.9. The number of hydrogen-bond acceptors (Lipinski definition) is 3. The number of halogens is 1. The fourth-order valence-electron chi connectivity index (χ4n) is 2.16. The highest BCUT2D eigenvalue weighted by Gasteiger charge is 2.45. The average molecular weight is 291 g/mol. The van der Waals surface area contributed by atoms with Gasteiger partial charge in [-0.25, -0.2) is 14.1 Å². The number of carbonyl (C=O) groups excluding carboxylic acids is 2. The van der Waals surface area contributed by atoms with Gasteiger partial charge in [0.25, 0.3) is 0 Å². The zero-order valence-corrected chi connectivity index (χ0v) is 11.6. The lowest BCUT2D eigenvalue weighted by molar-refractivity contribution is -0.131. The quantitative estimate of drug-likeness (QED) is 0.684. The molecule has 0 atom stereocenters. The Hall–Kier alpha value is -2.50. The van der Waals surface area contributed by atoms with E-state index in [0.29, 0.717) is 0 Å². The Labute approximate surface area is 120 Å². The van der Waals surface area contributed by atoms with Crippen LogP contribution in [0.3, 0.4) is 0 Å². The van der Waals surface area contributed by atoms with Gasteiger partial charge in [-0.3, -0.25) is 9.59 Å². The average Bonchev–Trinajstić information content (AvgIpc) is 2.56. The predicted octanol–water partition coefficient (Wildman–Crippen LogP) is 2.21. The molecule has 2 rings (SSSR count). The summed E-state index contributed by atoms with van der Waals surface area (Å²) in [5.74, 6) is -2.64. The van der Waals surface area contributed by atoms with E-state index in [1.807, 2.05) is 0 Å². The van der Waals surface area contributed by atoms with Gasteiger partial charge in [-0.1, -0.05) is 13.8 Å². The summed E-state index contributed by atoms with van der Waals surface area (Å²) in [4.78, 5) is 35.4. The number of carbonyl (C=O) groups is 3. The lowest BCUT2D eigenvalue weighted by atomic mass is 9.92. The third-order valence-corrected chi connectivity index (χ3v) is 3.27. The summed E-state index contributed by atoms with van der Waals surface area (Å²) in [5, 5.41) is 8.51. The number of amides is 2. The largest absolute Gasteiger partial charge is 0.478 e. The van der Waals surface area contributed by atoms with Gasteiger partial charge in [-0.15, -0.1) is 0 Å². The van der Waals surface area contributed by atoms with Crippen molar-refractivity contribution in [3.8, 4) is 0 Å². The first-order valence-corrected chi connectivity index (χ1v) is 6.30. The number of carboxylic acid groups (broad SMARTS) is 1. The van der Waals surface area contributed by atoms with Crippen molar-refractivity contribution in [3.05, 3.63) is 35.7 Å². The van der Waals surface area contributed by atoms with Gasteiger partial charge in [-0.2, -0.15) is 0 Å². The van der Waals surface area contributed by atoms with E-state index in [1.165, 1.54) is 12.1 Å². The minimum atomic E-state index is -1.19. The summed E-state index contributed by atoms with van der Waals surface area (Å²) in [5.41, 5.74) is -0.574. The Morgan fingerprint density at radius 2 is 2.05 bits per heavy atom. The van der Waals surface area contributed by atoms with E-state index >= 15 is 0 Å². The molecule has 1 aliphatic rings.